The van der Waals surface area contributed by atoms with Crippen LogP contribution in [0.2, 0.25) is 0 Å². The third-order valence-corrected chi connectivity index (χ3v) is 4.39. The van der Waals surface area contributed by atoms with E-state index in [1.807, 2.05) is 0 Å². The van der Waals surface area contributed by atoms with Gasteiger partial charge in [-0.15, -0.1) is 11.6 Å². The van der Waals surface area contributed by atoms with Crippen molar-refractivity contribution in [3.8, 4) is 0 Å². The molecule has 0 N–H and O–H groups in total. The molecule has 0 radical (unpaired) electrons. The highest BCUT2D eigenvalue weighted by molar-refractivity contribution is 7.91. The summed E-state index contributed by atoms with van der Waals surface area (Å²) in [5, 5.41) is -2.08. The molecule has 0 aliphatic heterocycles. The van der Waals surface area contributed by atoms with E-state index in [2.05, 4.69) is 0 Å². The van der Waals surface area contributed by atoms with Crippen molar-refractivity contribution in [2.45, 2.75) is 10.3 Å². The van der Waals surface area contributed by atoms with Gasteiger partial charge in [-0.05, 0) is 23.7 Å². The molecule has 0 fully saturated rings. The van der Waals surface area contributed by atoms with Gasteiger partial charge in [0.25, 0.3) is 0 Å². The Morgan fingerprint density at radius 3 is 2.27 bits per heavy atom. The third kappa shape index (κ3) is 3.48. The minimum absolute atomic E-state index is 0.133. The van der Waals surface area contributed by atoms with Gasteiger partial charge in [0.2, 0.25) is 5.24 Å². The standard InChI is InChI=1S/C9H8Cl2O3S/c10-8(9(11)12)6-15(13,14)7-4-2-1-3-5-7/h1-5,8H,6H2. The molecule has 0 spiro atoms. The van der Waals surface area contributed by atoms with Crippen molar-refractivity contribution >= 4 is 38.3 Å². The zero-order valence-electron chi connectivity index (χ0n) is 7.56. The fourth-order valence-corrected chi connectivity index (χ4v) is 2.95. The molecule has 0 aliphatic rings. The van der Waals surface area contributed by atoms with Crippen LogP contribution in [-0.4, -0.2) is 24.8 Å². The third-order valence-electron chi connectivity index (χ3n) is 1.71. The van der Waals surface area contributed by atoms with E-state index >= 15 is 0 Å². The maximum Gasteiger partial charge on any atom is 0.240 e. The van der Waals surface area contributed by atoms with Crippen molar-refractivity contribution in [3.05, 3.63) is 30.3 Å². The fraction of sp³-hybridized carbons (Fsp3) is 0.222. The minimum Gasteiger partial charge on any atom is -0.280 e. The Hall–Kier alpha value is -0.580. The SMILES string of the molecule is O=C(Cl)C(Cl)CS(=O)(=O)c1ccccc1. The molecule has 1 unspecified atom stereocenters. The Bertz CT molecular complexity index is 442. The highest BCUT2D eigenvalue weighted by atomic mass is 35.5. The molecule has 0 heterocycles. The number of hydrogen-bond donors (Lipinski definition) is 0. The van der Waals surface area contributed by atoms with Crippen molar-refractivity contribution in [3.63, 3.8) is 0 Å². The molecule has 1 aromatic carbocycles. The van der Waals surface area contributed by atoms with E-state index in [0.29, 0.717) is 0 Å². The quantitative estimate of drug-likeness (QED) is 0.617. The number of rotatable bonds is 4. The lowest BCUT2D eigenvalue weighted by Crippen LogP contribution is -2.21. The smallest absolute Gasteiger partial charge is 0.240 e. The minimum atomic E-state index is -3.54. The van der Waals surface area contributed by atoms with Crippen LogP contribution in [0.25, 0.3) is 0 Å². The van der Waals surface area contributed by atoms with Crippen LogP contribution in [0.5, 0.6) is 0 Å². The lowest BCUT2D eigenvalue weighted by molar-refractivity contribution is -0.111. The molecule has 0 saturated heterocycles. The maximum absolute atomic E-state index is 11.7. The Labute approximate surface area is 97.9 Å². The molecule has 0 aromatic heterocycles. The van der Waals surface area contributed by atoms with Gasteiger partial charge in [-0.1, -0.05) is 18.2 Å². The first kappa shape index (κ1) is 12.5. The number of halogens is 2. The predicted octanol–water partition coefficient (Wildman–Crippen LogP) is 1.83. The van der Waals surface area contributed by atoms with E-state index in [9.17, 15) is 13.2 Å². The molecule has 82 valence electrons. The molecule has 1 aromatic rings. The molecule has 6 heteroatoms. The summed E-state index contributed by atoms with van der Waals surface area (Å²) >= 11 is 10.6. The van der Waals surface area contributed by atoms with Crippen molar-refractivity contribution in [1.29, 1.82) is 0 Å². The van der Waals surface area contributed by atoms with E-state index in [-0.39, 0.29) is 4.90 Å². The molecule has 15 heavy (non-hydrogen) atoms. The Morgan fingerprint density at radius 2 is 1.80 bits per heavy atom. The number of benzene rings is 1. The average molecular weight is 267 g/mol. The van der Waals surface area contributed by atoms with E-state index in [4.69, 9.17) is 23.2 Å². The number of carbonyl (C=O) groups excluding carboxylic acids is 1. The molecule has 0 saturated carbocycles. The van der Waals surface area contributed by atoms with Gasteiger partial charge in [-0.3, -0.25) is 4.79 Å². The zero-order valence-corrected chi connectivity index (χ0v) is 9.89. The van der Waals surface area contributed by atoms with Crippen molar-refractivity contribution < 1.29 is 13.2 Å². The molecule has 0 amide bonds. The number of sulfone groups is 1. The molecule has 1 rings (SSSR count). The second kappa shape index (κ2) is 4.96. The highest BCUT2D eigenvalue weighted by Gasteiger charge is 2.23. The summed E-state index contributed by atoms with van der Waals surface area (Å²) in [5.41, 5.74) is 0. The van der Waals surface area contributed by atoms with Crippen LogP contribution < -0.4 is 0 Å². The van der Waals surface area contributed by atoms with Crippen LogP contribution in [-0.2, 0) is 14.6 Å². The Morgan fingerprint density at radius 1 is 1.27 bits per heavy atom. The summed E-state index contributed by atoms with van der Waals surface area (Å²) in [6, 6.07) is 7.77. The first-order chi connectivity index (χ1) is 6.93. The van der Waals surface area contributed by atoms with E-state index < -0.39 is 26.2 Å². The van der Waals surface area contributed by atoms with Crippen LogP contribution in [0.1, 0.15) is 0 Å². The summed E-state index contributed by atoms with van der Waals surface area (Å²) < 4.78 is 23.3. The normalized spacial score (nSPS) is 13.5. The summed E-state index contributed by atoms with van der Waals surface area (Å²) in [6.07, 6.45) is 0. The van der Waals surface area contributed by atoms with Gasteiger partial charge in [0.05, 0.1) is 10.6 Å². The van der Waals surface area contributed by atoms with Crippen LogP contribution in [0.3, 0.4) is 0 Å². The Balaban J connectivity index is 2.91. The molecular formula is C9H8Cl2O3S. The van der Waals surface area contributed by atoms with Gasteiger partial charge in [-0.2, -0.15) is 0 Å². The largest absolute Gasteiger partial charge is 0.280 e. The topological polar surface area (TPSA) is 51.2 Å². The van der Waals surface area contributed by atoms with Crippen molar-refractivity contribution in [2.75, 3.05) is 5.75 Å². The molecule has 0 aliphatic carbocycles. The lowest BCUT2D eigenvalue weighted by Gasteiger charge is -2.05. The summed E-state index contributed by atoms with van der Waals surface area (Å²) in [5.74, 6) is -0.485. The maximum atomic E-state index is 11.7. The molecular weight excluding hydrogens is 259 g/mol. The number of carbonyl (C=O) groups is 1. The van der Waals surface area contributed by atoms with Crippen LogP contribution in [0.4, 0.5) is 0 Å². The van der Waals surface area contributed by atoms with Gasteiger partial charge in [-0.25, -0.2) is 8.42 Å². The van der Waals surface area contributed by atoms with Gasteiger partial charge < -0.3 is 0 Å². The summed E-state index contributed by atoms with van der Waals surface area (Å²) in [4.78, 5) is 10.8. The van der Waals surface area contributed by atoms with E-state index in [1.54, 1.807) is 18.2 Å². The molecule has 0 bridgehead atoms. The Kier molecular flexibility index (Phi) is 4.13. The summed E-state index contributed by atoms with van der Waals surface area (Å²) in [7, 11) is -3.54. The monoisotopic (exact) mass is 266 g/mol. The zero-order chi connectivity index (χ0) is 11.5. The van der Waals surface area contributed by atoms with Crippen LogP contribution in [0.15, 0.2) is 35.2 Å². The van der Waals surface area contributed by atoms with Gasteiger partial charge in [0, 0.05) is 0 Å². The van der Waals surface area contributed by atoms with Crippen molar-refractivity contribution in [1.82, 2.24) is 0 Å². The molecule has 1 atom stereocenters. The average Bonchev–Trinajstić information content (AvgIpc) is 2.18. The van der Waals surface area contributed by atoms with Crippen molar-refractivity contribution in [2.24, 2.45) is 0 Å². The van der Waals surface area contributed by atoms with Gasteiger partial charge >= 0.3 is 0 Å². The van der Waals surface area contributed by atoms with Gasteiger partial charge in [0.1, 0.15) is 5.38 Å². The number of hydrogen-bond acceptors (Lipinski definition) is 3. The van der Waals surface area contributed by atoms with Gasteiger partial charge in [0.15, 0.2) is 9.84 Å². The highest BCUT2D eigenvalue weighted by Crippen LogP contribution is 2.14. The fourth-order valence-electron chi connectivity index (χ4n) is 0.982. The summed E-state index contributed by atoms with van der Waals surface area (Å²) in [6.45, 7) is 0. The second-order valence-electron chi connectivity index (χ2n) is 2.87. The van der Waals surface area contributed by atoms with E-state index in [1.165, 1.54) is 12.1 Å². The second-order valence-corrected chi connectivity index (χ2v) is 5.80. The number of alkyl halides is 1. The first-order valence-corrected chi connectivity index (χ1v) is 6.51. The molecule has 3 nitrogen and oxygen atoms in total. The van der Waals surface area contributed by atoms with Crippen LogP contribution >= 0.6 is 23.2 Å². The lowest BCUT2D eigenvalue weighted by atomic mass is 10.4. The van der Waals surface area contributed by atoms with Crippen LogP contribution in [0, 0.1) is 0 Å². The predicted molar refractivity (Wildman–Crippen MR) is 59.0 cm³/mol. The van der Waals surface area contributed by atoms with E-state index in [0.717, 1.165) is 0 Å². The first-order valence-electron chi connectivity index (χ1n) is 4.05.